The number of hydrogen-bond acceptors (Lipinski definition) is 1. The summed E-state index contributed by atoms with van der Waals surface area (Å²) in [4.78, 5) is 11.0. The molecule has 0 aromatic carbocycles. The van der Waals surface area contributed by atoms with Crippen LogP contribution in [-0.2, 0) is 4.79 Å². The number of hydrogen-bond donors (Lipinski definition) is 0. The van der Waals surface area contributed by atoms with Crippen LogP contribution in [0, 0.1) is 17.3 Å². The molecule has 3 aliphatic carbocycles. The molecule has 0 N–H and O–H groups in total. The van der Waals surface area contributed by atoms with E-state index in [1.54, 1.807) is 5.57 Å². The fourth-order valence-electron chi connectivity index (χ4n) is 5.25. The molecular weight excluding hydrogens is 268 g/mol. The highest BCUT2D eigenvalue weighted by Crippen LogP contribution is 2.58. The summed E-state index contributed by atoms with van der Waals surface area (Å²) >= 11 is 0. The molecule has 22 heavy (non-hydrogen) atoms. The Morgan fingerprint density at radius 2 is 1.95 bits per heavy atom. The molecule has 1 heteroatoms. The molecule has 0 unspecified atom stereocenters. The molecule has 0 spiro atoms. The molecule has 0 heterocycles. The molecule has 3 atom stereocenters. The third-order valence-electron chi connectivity index (χ3n) is 6.67. The molecule has 0 aromatic rings. The Morgan fingerprint density at radius 3 is 2.73 bits per heavy atom. The van der Waals surface area contributed by atoms with E-state index in [2.05, 4.69) is 25.7 Å². The van der Waals surface area contributed by atoms with Gasteiger partial charge in [0.15, 0.2) is 0 Å². The van der Waals surface area contributed by atoms with Crippen LogP contribution >= 0.6 is 0 Å². The van der Waals surface area contributed by atoms with Crippen molar-refractivity contribution in [1.29, 1.82) is 0 Å². The molecule has 0 bridgehead atoms. The van der Waals surface area contributed by atoms with Crippen molar-refractivity contribution in [3.8, 4) is 0 Å². The highest BCUT2D eigenvalue weighted by Gasteiger charge is 2.48. The van der Waals surface area contributed by atoms with Crippen LogP contribution in [0.3, 0.4) is 0 Å². The molecule has 0 saturated heterocycles. The minimum Gasteiger partial charge on any atom is -0.303 e. The van der Waals surface area contributed by atoms with Crippen molar-refractivity contribution in [3.05, 3.63) is 35.5 Å². The SMILES string of the molecule is C=C1CCCC/C1=C/C=C1\CCC[C@]2(C)[C@@H](CC=O)CC[C@@H]12. The van der Waals surface area contributed by atoms with E-state index in [1.165, 1.54) is 68.9 Å². The molecule has 0 amide bonds. The summed E-state index contributed by atoms with van der Waals surface area (Å²) in [6, 6.07) is 0. The largest absolute Gasteiger partial charge is 0.303 e. The first-order chi connectivity index (χ1) is 10.6. The van der Waals surface area contributed by atoms with E-state index in [-0.39, 0.29) is 0 Å². The highest BCUT2D eigenvalue weighted by molar-refractivity contribution is 5.50. The van der Waals surface area contributed by atoms with Gasteiger partial charge in [-0.3, -0.25) is 0 Å². The molecule has 0 aliphatic heterocycles. The summed E-state index contributed by atoms with van der Waals surface area (Å²) < 4.78 is 0. The van der Waals surface area contributed by atoms with Gasteiger partial charge in [0.25, 0.3) is 0 Å². The molecular formula is C21H30O. The van der Waals surface area contributed by atoms with Gasteiger partial charge in [-0.2, -0.15) is 0 Å². The maximum atomic E-state index is 11.0. The molecule has 120 valence electrons. The quantitative estimate of drug-likeness (QED) is 0.604. The fraction of sp³-hybridized carbons (Fsp3) is 0.667. The van der Waals surface area contributed by atoms with Gasteiger partial charge in [0.05, 0.1) is 0 Å². The van der Waals surface area contributed by atoms with Crippen molar-refractivity contribution in [2.75, 3.05) is 0 Å². The second-order valence-electron chi connectivity index (χ2n) is 7.83. The third-order valence-corrected chi connectivity index (χ3v) is 6.67. The van der Waals surface area contributed by atoms with Crippen molar-refractivity contribution in [1.82, 2.24) is 0 Å². The zero-order chi connectivity index (χ0) is 15.6. The van der Waals surface area contributed by atoms with Gasteiger partial charge in [-0.15, -0.1) is 0 Å². The lowest BCUT2D eigenvalue weighted by molar-refractivity contribution is -0.109. The van der Waals surface area contributed by atoms with Gasteiger partial charge in [0, 0.05) is 6.42 Å². The number of fused-ring (bicyclic) bond motifs is 1. The van der Waals surface area contributed by atoms with E-state index in [1.807, 2.05) is 0 Å². The lowest BCUT2D eigenvalue weighted by Gasteiger charge is -2.42. The first kappa shape index (κ1) is 15.8. The summed E-state index contributed by atoms with van der Waals surface area (Å²) in [6.45, 7) is 6.68. The smallest absolute Gasteiger partial charge is 0.120 e. The van der Waals surface area contributed by atoms with Crippen molar-refractivity contribution in [3.63, 3.8) is 0 Å². The normalized spacial score (nSPS) is 39.2. The molecule has 3 fully saturated rings. The van der Waals surface area contributed by atoms with Crippen LogP contribution in [0.15, 0.2) is 35.5 Å². The van der Waals surface area contributed by atoms with Gasteiger partial charge in [-0.25, -0.2) is 0 Å². The Hall–Kier alpha value is -1.11. The van der Waals surface area contributed by atoms with Crippen molar-refractivity contribution in [2.24, 2.45) is 17.3 Å². The van der Waals surface area contributed by atoms with Crippen LogP contribution in [0.4, 0.5) is 0 Å². The van der Waals surface area contributed by atoms with Crippen molar-refractivity contribution >= 4 is 6.29 Å². The van der Waals surface area contributed by atoms with E-state index in [0.29, 0.717) is 17.3 Å². The van der Waals surface area contributed by atoms with Gasteiger partial charge in [-0.05, 0) is 80.6 Å². The van der Waals surface area contributed by atoms with E-state index < -0.39 is 0 Å². The number of carbonyl (C=O) groups is 1. The first-order valence-electron chi connectivity index (χ1n) is 9.16. The molecule has 3 aliphatic rings. The van der Waals surface area contributed by atoms with E-state index in [4.69, 9.17) is 0 Å². The third kappa shape index (κ3) is 2.87. The average molecular weight is 298 g/mol. The van der Waals surface area contributed by atoms with E-state index in [0.717, 1.165) is 12.7 Å². The summed E-state index contributed by atoms with van der Waals surface area (Å²) in [5.74, 6) is 1.32. The van der Waals surface area contributed by atoms with Crippen LogP contribution in [0.5, 0.6) is 0 Å². The van der Waals surface area contributed by atoms with Gasteiger partial charge in [-0.1, -0.05) is 36.8 Å². The summed E-state index contributed by atoms with van der Waals surface area (Å²) in [6.07, 6.45) is 18.1. The summed E-state index contributed by atoms with van der Waals surface area (Å²) in [5.41, 5.74) is 4.85. The van der Waals surface area contributed by atoms with Gasteiger partial charge in [0.2, 0.25) is 0 Å². The molecule has 1 nitrogen and oxygen atoms in total. The Bertz CT molecular complexity index is 510. The van der Waals surface area contributed by atoms with E-state index >= 15 is 0 Å². The Labute approximate surface area is 135 Å². The standard InChI is InChI=1S/C21H30O/c1-16-6-3-4-7-17(16)9-10-18-8-5-14-21(2)19(13-15-22)11-12-20(18)21/h9-10,15,19-20H,1,3-8,11-14H2,2H3/b17-9-,18-10+/t19-,20+,21-/m1/s1. The maximum Gasteiger partial charge on any atom is 0.120 e. The second-order valence-corrected chi connectivity index (χ2v) is 7.83. The Morgan fingerprint density at radius 1 is 1.14 bits per heavy atom. The molecule has 3 rings (SSSR count). The predicted molar refractivity (Wildman–Crippen MR) is 92.6 cm³/mol. The zero-order valence-electron chi connectivity index (χ0n) is 14.1. The van der Waals surface area contributed by atoms with Gasteiger partial charge < -0.3 is 4.79 Å². The minimum atomic E-state index is 0.368. The number of aldehydes is 1. The second kappa shape index (κ2) is 6.56. The monoisotopic (exact) mass is 298 g/mol. The molecule has 3 saturated carbocycles. The van der Waals surface area contributed by atoms with Gasteiger partial charge >= 0.3 is 0 Å². The number of allylic oxidation sites excluding steroid dienone is 5. The Balaban J connectivity index is 1.79. The summed E-state index contributed by atoms with van der Waals surface area (Å²) in [5, 5.41) is 0. The van der Waals surface area contributed by atoms with Crippen LogP contribution in [0.2, 0.25) is 0 Å². The van der Waals surface area contributed by atoms with Crippen molar-refractivity contribution < 1.29 is 4.79 Å². The molecule has 0 radical (unpaired) electrons. The van der Waals surface area contributed by atoms with Crippen LogP contribution in [0.25, 0.3) is 0 Å². The lowest BCUT2D eigenvalue weighted by atomic mass is 9.63. The van der Waals surface area contributed by atoms with Crippen LogP contribution in [-0.4, -0.2) is 6.29 Å². The van der Waals surface area contributed by atoms with Gasteiger partial charge in [0.1, 0.15) is 6.29 Å². The van der Waals surface area contributed by atoms with Crippen molar-refractivity contribution in [2.45, 2.75) is 71.1 Å². The number of rotatable bonds is 3. The Kier molecular flexibility index (Phi) is 4.70. The van der Waals surface area contributed by atoms with E-state index in [9.17, 15) is 4.79 Å². The maximum absolute atomic E-state index is 11.0. The van der Waals surface area contributed by atoms with Crippen LogP contribution < -0.4 is 0 Å². The average Bonchev–Trinajstić information content (AvgIpc) is 2.84. The predicted octanol–water partition coefficient (Wildman–Crippen LogP) is 5.77. The topological polar surface area (TPSA) is 17.1 Å². The zero-order valence-corrected chi connectivity index (χ0v) is 14.1. The summed E-state index contributed by atoms with van der Waals surface area (Å²) in [7, 11) is 0. The first-order valence-corrected chi connectivity index (χ1v) is 9.16. The minimum absolute atomic E-state index is 0.368. The molecule has 0 aromatic heterocycles. The fourth-order valence-corrected chi connectivity index (χ4v) is 5.25. The lowest BCUT2D eigenvalue weighted by Crippen LogP contribution is -2.33. The van der Waals surface area contributed by atoms with Crippen LogP contribution in [0.1, 0.15) is 71.1 Å². The highest BCUT2D eigenvalue weighted by atomic mass is 16.1. The number of carbonyl (C=O) groups excluding carboxylic acids is 1.